The Morgan fingerprint density at radius 1 is 1.52 bits per heavy atom. The average Bonchev–Trinajstić information content (AvgIpc) is 3.05. The van der Waals surface area contributed by atoms with E-state index in [4.69, 9.17) is 4.52 Å². The minimum Gasteiger partial charge on any atom is -0.351 e. The molecule has 0 spiro atoms. The number of rotatable bonds is 3. The van der Waals surface area contributed by atoms with Crippen LogP contribution < -0.4 is 5.32 Å². The van der Waals surface area contributed by atoms with Crippen LogP contribution in [0.2, 0.25) is 0 Å². The van der Waals surface area contributed by atoms with Crippen molar-refractivity contribution in [2.45, 2.75) is 13.0 Å². The number of carbonyl (C=O) groups is 1. The van der Waals surface area contributed by atoms with E-state index >= 15 is 0 Å². The Hall–Kier alpha value is -1.78. The van der Waals surface area contributed by atoms with Crippen LogP contribution in [0.25, 0.3) is 0 Å². The second kappa shape index (κ2) is 5.20. The minimum absolute atomic E-state index is 0.0981. The maximum absolute atomic E-state index is 11.8. The number of nitrogens with one attached hydrogen (secondary N) is 1. The lowest BCUT2D eigenvalue weighted by Gasteiger charge is -2.23. The Bertz CT molecular complexity index is 766. The molecule has 0 atom stereocenters. The van der Waals surface area contributed by atoms with E-state index in [1.165, 1.54) is 34.2 Å². The molecule has 0 unspecified atom stereocenters. The first-order valence-corrected chi connectivity index (χ1v) is 8.76. The lowest BCUT2D eigenvalue weighted by molar-refractivity contribution is 0.0988. The van der Waals surface area contributed by atoms with E-state index in [0.29, 0.717) is 24.6 Å². The predicted molar refractivity (Wildman–Crippen MR) is 75.5 cm³/mol. The molecule has 0 saturated carbocycles. The normalized spacial score (nSPS) is 15.7. The van der Waals surface area contributed by atoms with Crippen LogP contribution in [-0.2, 0) is 23.0 Å². The van der Waals surface area contributed by atoms with Gasteiger partial charge in [0.2, 0.25) is 15.8 Å². The molecule has 112 valence electrons. The number of hydrogen-bond donors (Lipinski definition) is 1. The van der Waals surface area contributed by atoms with Crippen molar-refractivity contribution in [1.82, 2.24) is 14.4 Å². The zero-order chi connectivity index (χ0) is 15.0. The molecule has 2 aromatic heterocycles. The van der Waals surface area contributed by atoms with Crippen LogP contribution >= 0.6 is 11.3 Å². The number of fused-ring (bicyclic) bond motifs is 1. The van der Waals surface area contributed by atoms with Crippen LogP contribution in [0.1, 0.15) is 21.1 Å². The largest absolute Gasteiger partial charge is 0.351 e. The topological polar surface area (TPSA) is 105 Å². The van der Waals surface area contributed by atoms with Crippen LogP contribution in [0.15, 0.2) is 16.8 Å². The summed E-state index contributed by atoms with van der Waals surface area (Å²) in [6.07, 6.45) is 3.11. The number of thiazole rings is 1. The fourth-order valence-electron chi connectivity index (χ4n) is 2.00. The number of sulfonamides is 1. The number of hydrogen-bond acceptors (Lipinski definition) is 7. The first-order chi connectivity index (χ1) is 9.93. The highest BCUT2D eigenvalue weighted by atomic mass is 32.2. The van der Waals surface area contributed by atoms with Crippen LogP contribution in [0.4, 0.5) is 5.13 Å². The second-order valence-corrected chi connectivity index (χ2v) is 7.63. The molecule has 0 saturated heterocycles. The SMILES string of the molecule is CS(=O)(=O)N1CCc2nc(NC(=O)c3ccno3)sc2C1. The van der Waals surface area contributed by atoms with E-state index in [9.17, 15) is 13.2 Å². The summed E-state index contributed by atoms with van der Waals surface area (Å²) >= 11 is 1.27. The molecular formula is C11H12N4O4S2. The zero-order valence-electron chi connectivity index (χ0n) is 11.1. The third-order valence-corrected chi connectivity index (χ3v) is 5.29. The third-order valence-electron chi connectivity index (χ3n) is 3.05. The highest BCUT2D eigenvalue weighted by molar-refractivity contribution is 7.88. The van der Waals surface area contributed by atoms with Gasteiger partial charge in [-0.3, -0.25) is 10.1 Å². The van der Waals surface area contributed by atoms with Crippen molar-refractivity contribution in [2.24, 2.45) is 0 Å². The molecule has 0 aliphatic carbocycles. The molecule has 3 heterocycles. The van der Waals surface area contributed by atoms with Crippen molar-refractivity contribution in [3.05, 3.63) is 28.6 Å². The van der Waals surface area contributed by atoms with E-state index in [-0.39, 0.29) is 5.76 Å². The highest BCUT2D eigenvalue weighted by Gasteiger charge is 2.26. The van der Waals surface area contributed by atoms with Gasteiger partial charge in [-0.2, -0.15) is 4.31 Å². The minimum atomic E-state index is -3.22. The van der Waals surface area contributed by atoms with E-state index in [1.54, 1.807) is 0 Å². The quantitative estimate of drug-likeness (QED) is 0.889. The van der Waals surface area contributed by atoms with Gasteiger partial charge in [-0.05, 0) is 0 Å². The molecular weight excluding hydrogens is 316 g/mol. The van der Waals surface area contributed by atoms with E-state index in [0.717, 1.165) is 10.6 Å². The zero-order valence-corrected chi connectivity index (χ0v) is 12.7. The van der Waals surface area contributed by atoms with Crippen LogP contribution in [0, 0.1) is 0 Å². The van der Waals surface area contributed by atoms with Gasteiger partial charge in [0.25, 0.3) is 5.91 Å². The smallest absolute Gasteiger partial charge is 0.296 e. The van der Waals surface area contributed by atoms with Gasteiger partial charge in [0.05, 0.1) is 18.1 Å². The Morgan fingerprint density at radius 2 is 2.33 bits per heavy atom. The van der Waals surface area contributed by atoms with Crippen molar-refractivity contribution in [3.63, 3.8) is 0 Å². The van der Waals surface area contributed by atoms with Gasteiger partial charge in [-0.1, -0.05) is 5.16 Å². The van der Waals surface area contributed by atoms with Gasteiger partial charge in [0.15, 0.2) is 5.13 Å². The van der Waals surface area contributed by atoms with Crippen molar-refractivity contribution in [3.8, 4) is 0 Å². The Labute approximate surface area is 124 Å². The molecule has 1 amide bonds. The fourth-order valence-corrected chi connectivity index (χ4v) is 3.89. The number of nitrogens with zero attached hydrogens (tertiary/aromatic N) is 3. The summed E-state index contributed by atoms with van der Waals surface area (Å²) in [5, 5.41) is 6.51. The lowest BCUT2D eigenvalue weighted by Crippen LogP contribution is -2.34. The summed E-state index contributed by atoms with van der Waals surface area (Å²) in [6.45, 7) is 0.703. The summed E-state index contributed by atoms with van der Waals surface area (Å²) in [5.74, 6) is -0.334. The fraction of sp³-hybridized carbons (Fsp3) is 0.364. The molecule has 0 bridgehead atoms. The third kappa shape index (κ3) is 2.96. The van der Waals surface area contributed by atoms with Gasteiger partial charge in [0, 0.05) is 30.5 Å². The van der Waals surface area contributed by atoms with Crippen LogP contribution in [0.5, 0.6) is 0 Å². The second-order valence-electron chi connectivity index (χ2n) is 4.57. The van der Waals surface area contributed by atoms with Gasteiger partial charge in [-0.25, -0.2) is 13.4 Å². The summed E-state index contributed by atoms with van der Waals surface area (Å²) < 4.78 is 29.3. The molecule has 8 nitrogen and oxygen atoms in total. The Balaban J connectivity index is 1.76. The molecule has 21 heavy (non-hydrogen) atoms. The predicted octanol–water partition coefficient (Wildman–Crippen LogP) is 0.701. The summed E-state index contributed by atoms with van der Waals surface area (Å²) in [7, 11) is -3.22. The number of carbonyl (C=O) groups excluding carboxylic acids is 1. The lowest BCUT2D eigenvalue weighted by atomic mass is 10.2. The number of amides is 1. The Kier molecular flexibility index (Phi) is 3.51. The summed E-state index contributed by atoms with van der Waals surface area (Å²) in [6, 6.07) is 1.45. The van der Waals surface area contributed by atoms with Crippen molar-refractivity contribution in [2.75, 3.05) is 18.1 Å². The van der Waals surface area contributed by atoms with Gasteiger partial charge >= 0.3 is 0 Å². The first-order valence-electron chi connectivity index (χ1n) is 6.09. The van der Waals surface area contributed by atoms with Gasteiger partial charge in [0.1, 0.15) is 0 Å². The molecule has 0 fully saturated rings. The molecule has 1 aliphatic rings. The first kappa shape index (κ1) is 14.2. The number of aromatic nitrogens is 2. The Morgan fingerprint density at radius 3 is 3.00 bits per heavy atom. The summed E-state index contributed by atoms with van der Waals surface area (Å²) in [5.41, 5.74) is 0.827. The average molecular weight is 328 g/mol. The van der Waals surface area contributed by atoms with Crippen molar-refractivity contribution in [1.29, 1.82) is 0 Å². The molecule has 0 aromatic carbocycles. The molecule has 10 heteroatoms. The van der Waals surface area contributed by atoms with Crippen LogP contribution in [-0.4, -0.2) is 41.6 Å². The van der Waals surface area contributed by atoms with E-state index < -0.39 is 15.9 Å². The number of anilines is 1. The molecule has 3 rings (SSSR count). The molecule has 2 aromatic rings. The van der Waals surface area contributed by atoms with Crippen LogP contribution in [0.3, 0.4) is 0 Å². The van der Waals surface area contributed by atoms with E-state index in [2.05, 4.69) is 15.5 Å². The monoisotopic (exact) mass is 328 g/mol. The van der Waals surface area contributed by atoms with Crippen molar-refractivity contribution >= 4 is 32.4 Å². The highest BCUT2D eigenvalue weighted by Crippen LogP contribution is 2.29. The molecule has 0 radical (unpaired) electrons. The van der Waals surface area contributed by atoms with Crippen molar-refractivity contribution < 1.29 is 17.7 Å². The molecule has 1 aliphatic heterocycles. The molecule has 1 N–H and O–H groups in total. The summed E-state index contributed by atoms with van der Waals surface area (Å²) in [4.78, 5) is 17.0. The standard InChI is InChI=1S/C11H12N4O4S2/c1-21(17,18)15-5-3-7-9(6-15)20-11(13-7)14-10(16)8-2-4-12-19-8/h2,4H,3,5-6H2,1H3,(H,13,14,16). The van der Waals surface area contributed by atoms with Gasteiger partial charge in [-0.15, -0.1) is 11.3 Å². The van der Waals surface area contributed by atoms with Gasteiger partial charge < -0.3 is 4.52 Å². The maximum Gasteiger partial charge on any atom is 0.296 e. The van der Waals surface area contributed by atoms with E-state index in [1.807, 2.05) is 0 Å². The maximum atomic E-state index is 11.8.